The number of H-pyrrole nitrogens is 1. The number of halogens is 2. The summed E-state index contributed by atoms with van der Waals surface area (Å²) in [6.45, 7) is 3.89. The van der Waals surface area contributed by atoms with Gasteiger partial charge < -0.3 is 0 Å². The molecule has 20 heavy (non-hydrogen) atoms. The maximum Gasteiger partial charge on any atom is 0.334 e. The normalized spacial score (nSPS) is 10.8. The molecule has 6 heteroatoms. The molecule has 0 fully saturated rings. The minimum Gasteiger partial charge on any atom is -0.297 e. The van der Waals surface area contributed by atoms with Crippen molar-refractivity contribution in [2.45, 2.75) is 26.7 Å². The Labute approximate surface area is 129 Å². The van der Waals surface area contributed by atoms with Gasteiger partial charge in [0.25, 0.3) is 5.56 Å². The number of rotatable bonds is 3. The Morgan fingerprint density at radius 3 is 2.65 bits per heavy atom. The lowest BCUT2D eigenvalue weighted by Crippen LogP contribution is -2.36. The SMILES string of the molecule is CCCc1c(Cl)[nH]c(=O)n(-c2ccc(C)cc2Br)c1=O. The van der Waals surface area contributed by atoms with Gasteiger partial charge in [-0.25, -0.2) is 9.36 Å². The Morgan fingerprint density at radius 2 is 2.05 bits per heavy atom. The van der Waals surface area contributed by atoms with E-state index in [1.165, 1.54) is 0 Å². The summed E-state index contributed by atoms with van der Waals surface area (Å²) < 4.78 is 1.80. The number of nitrogens with zero attached hydrogens (tertiary/aromatic N) is 1. The summed E-state index contributed by atoms with van der Waals surface area (Å²) in [6.07, 6.45) is 1.30. The molecule has 0 saturated heterocycles. The van der Waals surface area contributed by atoms with Crippen LogP contribution < -0.4 is 11.2 Å². The zero-order valence-electron chi connectivity index (χ0n) is 11.2. The lowest BCUT2D eigenvalue weighted by molar-refractivity contribution is 0.809. The minimum absolute atomic E-state index is 0.126. The zero-order valence-corrected chi connectivity index (χ0v) is 13.5. The van der Waals surface area contributed by atoms with Gasteiger partial charge >= 0.3 is 5.69 Å². The maximum atomic E-state index is 12.5. The molecule has 0 radical (unpaired) electrons. The van der Waals surface area contributed by atoms with Crippen LogP contribution in [0.3, 0.4) is 0 Å². The summed E-state index contributed by atoms with van der Waals surface area (Å²) in [6, 6.07) is 5.44. The first-order chi connectivity index (χ1) is 9.45. The molecule has 0 atom stereocenters. The van der Waals surface area contributed by atoms with Gasteiger partial charge in [0.2, 0.25) is 0 Å². The Bertz CT molecular complexity index is 765. The van der Waals surface area contributed by atoms with Gasteiger partial charge in [-0.05, 0) is 47.0 Å². The van der Waals surface area contributed by atoms with E-state index >= 15 is 0 Å². The predicted octanol–water partition coefficient (Wildman–Crippen LogP) is 3.20. The van der Waals surface area contributed by atoms with Crippen LogP contribution in [0, 0.1) is 6.92 Å². The lowest BCUT2D eigenvalue weighted by atomic mass is 10.2. The van der Waals surface area contributed by atoms with E-state index < -0.39 is 5.69 Å². The van der Waals surface area contributed by atoms with Crippen LogP contribution in [0.25, 0.3) is 5.69 Å². The second kappa shape index (κ2) is 5.97. The molecule has 0 aliphatic rings. The van der Waals surface area contributed by atoms with Crippen LogP contribution in [0.15, 0.2) is 32.3 Å². The molecule has 0 bridgehead atoms. The highest BCUT2D eigenvalue weighted by Crippen LogP contribution is 2.20. The molecule has 1 aromatic heterocycles. The highest BCUT2D eigenvalue weighted by molar-refractivity contribution is 9.10. The van der Waals surface area contributed by atoms with Gasteiger partial charge in [-0.2, -0.15) is 0 Å². The van der Waals surface area contributed by atoms with Crippen LogP contribution in [0.5, 0.6) is 0 Å². The molecule has 2 rings (SSSR count). The average molecular weight is 358 g/mol. The Morgan fingerprint density at radius 1 is 1.35 bits per heavy atom. The second-order valence-electron chi connectivity index (χ2n) is 4.57. The molecule has 0 aliphatic heterocycles. The summed E-state index contributed by atoms with van der Waals surface area (Å²) in [5, 5.41) is 0.126. The standard InChI is InChI=1S/C14H14BrClN2O2/c1-3-4-9-12(16)17-14(20)18(13(9)19)11-6-5-8(2)7-10(11)15/h5-7H,3-4H2,1-2H3,(H,17,20). The lowest BCUT2D eigenvalue weighted by Gasteiger charge is -2.10. The summed E-state index contributed by atoms with van der Waals surface area (Å²) in [5.74, 6) is 0. The first-order valence-electron chi connectivity index (χ1n) is 6.26. The molecule has 0 unspecified atom stereocenters. The van der Waals surface area contributed by atoms with E-state index in [2.05, 4.69) is 20.9 Å². The van der Waals surface area contributed by atoms with E-state index in [9.17, 15) is 9.59 Å². The molecular weight excluding hydrogens is 344 g/mol. The van der Waals surface area contributed by atoms with Crippen molar-refractivity contribution in [3.05, 3.63) is 59.8 Å². The third-order valence-corrected chi connectivity index (χ3v) is 3.95. The number of benzene rings is 1. The summed E-state index contributed by atoms with van der Waals surface area (Å²) >= 11 is 9.35. The van der Waals surface area contributed by atoms with E-state index in [0.29, 0.717) is 22.1 Å². The van der Waals surface area contributed by atoms with Gasteiger partial charge in [0.1, 0.15) is 5.15 Å². The molecule has 0 amide bonds. The molecule has 0 saturated carbocycles. The largest absolute Gasteiger partial charge is 0.334 e. The monoisotopic (exact) mass is 356 g/mol. The number of aryl methyl sites for hydroxylation is 1. The van der Waals surface area contributed by atoms with Crippen molar-refractivity contribution in [3.8, 4) is 5.69 Å². The smallest absolute Gasteiger partial charge is 0.297 e. The van der Waals surface area contributed by atoms with Crippen molar-refractivity contribution in [1.29, 1.82) is 0 Å². The van der Waals surface area contributed by atoms with Crippen molar-refractivity contribution in [1.82, 2.24) is 9.55 Å². The van der Waals surface area contributed by atoms with Crippen LogP contribution in [-0.4, -0.2) is 9.55 Å². The molecule has 1 N–H and O–H groups in total. The molecule has 106 valence electrons. The first-order valence-corrected chi connectivity index (χ1v) is 7.43. The van der Waals surface area contributed by atoms with Crippen molar-refractivity contribution in [3.63, 3.8) is 0 Å². The summed E-state index contributed by atoms with van der Waals surface area (Å²) in [7, 11) is 0. The zero-order chi connectivity index (χ0) is 14.9. The van der Waals surface area contributed by atoms with Crippen molar-refractivity contribution >= 4 is 27.5 Å². The third-order valence-electron chi connectivity index (χ3n) is 2.99. The van der Waals surface area contributed by atoms with Gasteiger partial charge in [-0.3, -0.25) is 9.78 Å². The van der Waals surface area contributed by atoms with Crippen molar-refractivity contribution in [2.75, 3.05) is 0 Å². The summed E-state index contributed by atoms with van der Waals surface area (Å²) in [4.78, 5) is 27.1. The number of aromatic amines is 1. The van der Waals surface area contributed by atoms with E-state index in [1.54, 1.807) is 6.07 Å². The van der Waals surface area contributed by atoms with Crippen LogP contribution >= 0.6 is 27.5 Å². The average Bonchev–Trinajstić information content (AvgIpc) is 2.37. The fourth-order valence-corrected chi connectivity index (χ4v) is 2.95. The fraction of sp³-hybridized carbons (Fsp3) is 0.286. The van der Waals surface area contributed by atoms with Gasteiger partial charge in [0.05, 0.1) is 11.3 Å². The number of aromatic nitrogens is 2. The second-order valence-corrected chi connectivity index (χ2v) is 5.80. The number of hydrogen-bond acceptors (Lipinski definition) is 2. The predicted molar refractivity (Wildman–Crippen MR) is 84.1 cm³/mol. The first kappa shape index (κ1) is 15.1. The van der Waals surface area contributed by atoms with Crippen LogP contribution in [-0.2, 0) is 6.42 Å². The highest BCUT2D eigenvalue weighted by Gasteiger charge is 2.15. The molecule has 0 spiro atoms. The maximum absolute atomic E-state index is 12.5. The van der Waals surface area contributed by atoms with Crippen LogP contribution in [0.1, 0.15) is 24.5 Å². The van der Waals surface area contributed by atoms with E-state index in [1.807, 2.05) is 26.0 Å². The van der Waals surface area contributed by atoms with Crippen LogP contribution in [0.2, 0.25) is 5.15 Å². The highest BCUT2D eigenvalue weighted by atomic mass is 79.9. The van der Waals surface area contributed by atoms with E-state index in [-0.39, 0.29) is 10.7 Å². The Balaban J connectivity index is 2.77. The topological polar surface area (TPSA) is 54.9 Å². The quantitative estimate of drug-likeness (QED) is 0.858. The van der Waals surface area contributed by atoms with E-state index in [4.69, 9.17) is 11.6 Å². The van der Waals surface area contributed by atoms with Gasteiger partial charge in [-0.1, -0.05) is 31.0 Å². The summed E-state index contributed by atoms with van der Waals surface area (Å²) in [5.41, 5.74) is 1.07. The van der Waals surface area contributed by atoms with Gasteiger partial charge in [-0.15, -0.1) is 0 Å². The van der Waals surface area contributed by atoms with Gasteiger partial charge in [0, 0.05) is 4.47 Å². The Kier molecular flexibility index (Phi) is 4.50. The third kappa shape index (κ3) is 2.74. The molecular formula is C14H14BrClN2O2. The van der Waals surface area contributed by atoms with Crippen molar-refractivity contribution < 1.29 is 0 Å². The van der Waals surface area contributed by atoms with Crippen molar-refractivity contribution in [2.24, 2.45) is 0 Å². The Hall–Kier alpha value is -1.33. The van der Waals surface area contributed by atoms with Gasteiger partial charge in [0.15, 0.2) is 0 Å². The molecule has 1 heterocycles. The minimum atomic E-state index is -0.538. The van der Waals surface area contributed by atoms with Crippen LogP contribution in [0.4, 0.5) is 0 Å². The molecule has 2 aromatic rings. The molecule has 1 aromatic carbocycles. The van der Waals surface area contributed by atoms with E-state index in [0.717, 1.165) is 16.6 Å². The number of hydrogen-bond donors (Lipinski definition) is 1. The molecule has 0 aliphatic carbocycles. The fourth-order valence-electron chi connectivity index (χ4n) is 2.03. The number of nitrogens with one attached hydrogen (secondary N) is 1. The molecule has 4 nitrogen and oxygen atoms in total.